The Labute approximate surface area is 274 Å². The SMILES string of the molecule is O=C(CC[C@@H](NC(=O)c1ccc(Cl)c(Cl)c1)c1nnc2n1-c1ccccc1C(c1ccccc1Cl)=NC2)OCc1ccccc1. The van der Waals surface area contributed by atoms with E-state index in [9.17, 15) is 9.59 Å². The minimum absolute atomic E-state index is 0.0182. The lowest BCUT2D eigenvalue weighted by Gasteiger charge is -2.21. The van der Waals surface area contributed by atoms with E-state index in [1.54, 1.807) is 12.1 Å². The molecule has 0 spiro atoms. The first kappa shape index (κ1) is 30.5. The summed E-state index contributed by atoms with van der Waals surface area (Å²) in [5.74, 6) is 0.189. The number of halogens is 3. The Balaban J connectivity index is 1.34. The van der Waals surface area contributed by atoms with Gasteiger partial charge >= 0.3 is 5.97 Å². The number of esters is 1. The Morgan fingerprint density at radius 1 is 0.822 bits per heavy atom. The van der Waals surface area contributed by atoms with Crippen molar-refractivity contribution >= 4 is 52.4 Å². The molecule has 0 bridgehead atoms. The van der Waals surface area contributed by atoms with Crippen LogP contribution in [-0.2, 0) is 22.7 Å². The lowest BCUT2D eigenvalue weighted by atomic mass is 10.00. The maximum Gasteiger partial charge on any atom is 0.306 e. The second-order valence-electron chi connectivity index (χ2n) is 10.3. The number of carbonyl (C=O) groups excluding carboxylic acids is 2. The van der Waals surface area contributed by atoms with Crippen molar-refractivity contribution < 1.29 is 14.3 Å². The van der Waals surface area contributed by atoms with Crippen molar-refractivity contribution in [3.8, 4) is 5.69 Å². The third-order valence-corrected chi connectivity index (χ3v) is 8.41. The Kier molecular flexibility index (Phi) is 9.26. The van der Waals surface area contributed by atoms with Crippen LogP contribution in [0.4, 0.5) is 0 Å². The topological polar surface area (TPSA) is 98.5 Å². The lowest BCUT2D eigenvalue weighted by Crippen LogP contribution is -2.31. The molecule has 2 heterocycles. The third-order valence-electron chi connectivity index (χ3n) is 7.34. The quantitative estimate of drug-likeness (QED) is 0.165. The van der Waals surface area contributed by atoms with E-state index in [-0.39, 0.29) is 31.0 Å². The molecule has 6 rings (SSSR count). The zero-order chi connectivity index (χ0) is 31.3. The fraction of sp³-hybridized carbons (Fsp3) is 0.147. The van der Waals surface area contributed by atoms with Gasteiger partial charge in [0.1, 0.15) is 13.2 Å². The number of amides is 1. The Hall–Kier alpha value is -4.50. The third kappa shape index (κ3) is 6.78. The van der Waals surface area contributed by atoms with Gasteiger partial charge in [-0.2, -0.15) is 0 Å². The van der Waals surface area contributed by atoms with Crippen LogP contribution < -0.4 is 5.32 Å². The van der Waals surface area contributed by atoms with E-state index >= 15 is 0 Å². The minimum atomic E-state index is -0.729. The number of aromatic nitrogens is 3. The average Bonchev–Trinajstić information content (AvgIpc) is 3.41. The van der Waals surface area contributed by atoms with Gasteiger partial charge in [0.05, 0.1) is 27.5 Å². The fourth-order valence-corrected chi connectivity index (χ4v) is 5.65. The summed E-state index contributed by atoms with van der Waals surface area (Å²) in [6.45, 7) is 0.366. The maximum absolute atomic E-state index is 13.5. The lowest BCUT2D eigenvalue weighted by molar-refractivity contribution is -0.145. The predicted octanol–water partition coefficient (Wildman–Crippen LogP) is 7.57. The van der Waals surface area contributed by atoms with E-state index < -0.39 is 17.9 Å². The van der Waals surface area contributed by atoms with E-state index in [2.05, 4.69) is 15.5 Å². The van der Waals surface area contributed by atoms with Gasteiger partial charge in [0.2, 0.25) is 0 Å². The molecule has 226 valence electrons. The number of para-hydroxylation sites is 1. The van der Waals surface area contributed by atoms with Crippen LogP contribution in [0.5, 0.6) is 0 Å². The Morgan fingerprint density at radius 2 is 1.56 bits per heavy atom. The molecular formula is C34H26Cl3N5O3. The van der Waals surface area contributed by atoms with Gasteiger partial charge in [0.15, 0.2) is 11.6 Å². The van der Waals surface area contributed by atoms with Crippen LogP contribution in [-0.4, -0.2) is 32.4 Å². The fourth-order valence-electron chi connectivity index (χ4n) is 5.13. The number of ether oxygens (including phenoxy) is 1. The summed E-state index contributed by atoms with van der Waals surface area (Å²) in [4.78, 5) is 31.2. The van der Waals surface area contributed by atoms with Crippen LogP contribution in [0.15, 0.2) is 102 Å². The molecule has 45 heavy (non-hydrogen) atoms. The van der Waals surface area contributed by atoms with Gasteiger partial charge in [0, 0.05) is 28.1 Å². The number of nitrogens with zero attached hydrogens (tertiary/aromatic N) is 4. The van der Waals surface area contributed by atoms with Gasteiger partial charge in [-0.25, -0.2) is 0 Å². The summed E-state index contributed by atoms with van der Waals surface area (Å²) in [6, 6.07) is 28.6. The first-order valence-corrected chi connectivity index (χ1v) is 15.3. The van der Waals surface area contributed by atoms with Crippen molar-refractivity contribution in [2.45, 2.75) is 32.0 Å². The van der Waals surface area contributed by atoms with E-state index in [0.717, 1.165) is 22.4 Å². The highest BCUT2D eigenvalue weighted by atomic mass is 35.5. The number of rotatable bonds is 9. The smallest absolute Gasteiger partial charge is 0.306 e. The molecule has 5 aromatic rings. The van der Waals surface area contributed by atoms with Gasteiger partial charge in [-0.1, -0.05) is 102 Å². The number of aliphatic imine (C=N–C) groups is 1. The number of nitrogens with one attached hydrogen (secondary N) is 1. The van der Waals surface area contributed by atoms with Gasteiger partial charge < -0.3 is 10.1 Å². The average molecular weight is 659 g/mol. The molecule has 0 saturated carbocycles. The number of hydrogen-bond acceptors (Lipinski definition) is 6. The molecule has 1 amide bonds. The van der Waals surface area contributed by atoms with Crippen LogP contribution in [0.25, 0.3) is 5.69 Å². The molecule has 8 nitrogen and oxygen atoms in total. The van der Waals surface area contributed by atoms with Crippen molar-refractivity contribution in [2.24, 2.45) is 4.99 Å². The first-order chi connectivity index (χ1) is 21.9. The molecule has 1 aromatic heterocycles. The number of fused-ring (bicyclic) bond motifs is 3. The number of hydrogen-bond donors (Lipinski definition) is 1. The van der Waals surface area contributed by atoms with Crippen LogP contribution >= 0.6 is 34.8 Å². The van der Waals surface area contributed by atoms with Crippen molar-refractivity contribution in [1.29, 1.82) is 0 Å². The van der Waals surface area contributed by atoms with E-state index in [0.29, 0.717) is 33.0 Å². The van der Waals surface area contributed by atoms with E-state index in [1.165, 1.54) is 6.07 Å². The first-order valence-electron chi connectivity index (χ1n) is 14.2. The Bertz CT molecular complexity index is 1910. The van der Waals surface area contributed by atoms with E-state index in [4.69, 9.17) is 44.5 Å². The monoisotopic (exact) mass is 657 g/mol. The van der Waals surface area contributed by atoms with Gasteiger partial charge in [-0.3, -0.25) is 19.1 Å². The van der Waals surface area contributed by atoms with Crippen molar-refractivity contribution in [3.63, 3.8) is 0 Å². The molecule has 0 fully saturated rings. The van der Waals surface area contributed by atoms with Crippen LogP contribution in [0.3, 0.4) is 0 Å². The molecular weight excluding hydrogens is 633 g/mol. The van der Waals surface area contributed by atoms with Gasteiger partial charge in [-0.15, -0.1) is 10.2 Å². The van der Waals surface area contributed by atoms with E-state index in [1.807, 2.05) is 83.4 Å². The van der Waals surface area contributed by atoms with Crippen LogP contribution in [0, 0.1) is 0 Å². The standard InChI is InChI=1S/C34H26Cl3N5O3/c35-25-12-6-4-10-23(25)32-24-11-5-7-13-29(24)42-30(19-38-32)40-41-33(42)28(39-34(44)22-14-15-26(36)27(37)18-22)16-17-31(43)45-20-21-8-2-1-3-9-21/h1-15,18,28H,16-17,19-20H2,(H,39,44)/t28-/m1/s1. The summed E-state index contributed by atoms with van der Waals surface area (Å²) in [6.07, 6.45) is 0.212. The second-order valence-corrected chi connectivity index (χ2v) is 11.5. The molecule has 0 radical (unpaired) electrons. The van der Waals surface area contributed by atoms with Gasteiger partial charge in [-0.05, 0) is 42.3 Å². The second kappa shape index (κ2) is 13.6. The number of benzene rings is 4. The maximum atomic E-state index is 13.5. The van der Waals surface area contributed by atoms with Crippen molar-refractivity contribution in [2.75, 3.05) is 0 Å². The summed E-state index contributed by atoms with van der Waals surface area (Å²) in [5.41, 5.74) is 4.28. The van der Waals surface area contributed by atoms with Crippen LogP contribution in [0.2, 0.25) is 15.1 Å². The molecule has 11 heteroatoms. The highest BCUT2D eigenvalue weighted by Crippen LogP contribution is 2.31. The molecule has 4 aromatic carbocycles. The van der Waals surface area contributed by atoms with Crippen molar-refractivity contribution in [1.82, 2.24) is 20.1 Å². The molecule has 1 N–H and O–H groups in total. The van der Waals surface area contributed by atoms with Crippen LogP contribution in [0.1, 0.15) is 57.6 Å². The minimum Gasteiger partial charge on any atom is -0.461 e. The summed E-state index contributed by atoms with van der Waals surface area (Å²) >= 11 is 18.9. The molecule has 0 saturated heterocycles. The highest BCUT2D eigenvalue weighted by Gasteiger charge is 2.29. The number of carbonyl (C=O) groups is 2. The molecule has 1 atom stereocenters. The molecule has 1 aliphatic rings. The Morgan fingerprint density at radius 3 is 2.33 bits per heavy atom. The zero-order valence-electron chi connectivity index (χ0n) is 23.8. The highest BCUT2D eigenvalue weighted by molar-refractivity contribution is 6.42. The van der Waals surface area contributed by atoms with Gasteiger partial charge in [0.25, 0.3) is 5.91 Å². The zero-order valence-corrected chi connectivity index (χ0v) is 26.1. The molecule has 1 aliphatic heterocycles. The predicted molar refractivity (Wildman–Crippen MR) is 174 cm³/mol. The van der Waals surface area contributed by atoms with Crippen molar-refractivity contribution in [3.05, 3.63) is 146 Å². The normalized spacial score (nSPS) is 12.7. The summed E-state index contributed by atoms with van der Waals surface area (Å²) in [5, 5.41) is 13.2. The molecule has 0 aliphatic carbocycles. The summed E-state index contributed by atoms with van der Waals surface area (Å²) in [7, 11) is 0. The largest absolute Gasteiger partial charge is 0.461 e. The summed E-state index contributed by atoms with van der Waals surface area (Å²) < 4.78 is 7.41. The molecule has 0 unspecified atom stereocenters.